The van der Waals surface area contributed by atoms with E-state index in [0.717, 1.165) is 10.4 Å². The summed E-state index contributed by atoms with van der Waals surface area (Å²) in [6.45, 7) is 1.80. The Morgan fingerprint density at radius 2 is 1.81 bits per heavy atom. The monoisotopic (exact) mass is 408 g/mol. The molecule has 1 heterocycles. The number of hydrogen-bond acceptors (Lipinski definition) is 4. The van der Waals surface area contributed by atoms with E-state index in [1.165, 1.54) is 4.90 Å². The molecule has 1 aromatic carbocycles. The standard InChI is InChI=1S/C20H25ClN2O3S/c1-26-12-11-22(19(24)9-10-21)16-20(25)23(15-18-8-5-13-27-18)14-17-6-3-2-4-7-17/h2-8,13H,9-12,14-16H2,1H3. The van der Waals surface area contributed by atoms with E-state index in [-0.39, 0.29) is 30.7 Å². The maximum atomic E-state index is 13.0. The lowest BCUT2D eigenvalue weighted by Gasteiger charge is -2.27. The molecule has 27 heavy (non-hydrogen) atoms. The molecule has 0 atom stereocenters. The van der Waals surface area contributed by atoms with Gasteiger partial charge in [-0.05, 0) is 17.0 Å². The summed E-state index contributed by atoms with van der Waals surface area (Å²) in [4.78, 5) is 29.7. The Kier molecular flexibility index (Phi) is 9.31. The van der Waals surface area contributed by atoms with Crippen LogP contribution in [0.25, 0.3) is 0 Å². The first-order valence-corrected chi connectivity index (χ1v) is 10.2. The van der Waals surface area contributed by atoms with E-state index in [0.29, 0.717) is 26.2 Å². The minimum absolute atomic E-state index is 0.0251. The molecular formula is C20H25ClN2O3S. The molecule has 0 unspecified atom stereocenters. The number of alkyl halides is 1. The molecule has 0 aliphatic heterocycles. The van der Waals surface area contributed by atoms with Crippen molar-refractivity contribution in [3.8, 4) is 0 Å². The highest BCUT2D eigenvalue weighted by atomic mass is 35.5. The van der Waals surface area contributed by atoms with Crippen LogP contribution in [0.15, 0.2) is 47.8 Å². The number of benzene rings is 1. The molecule has 0 saturated heterocycles. The van der Waals surface area contributed by atoms with Crippen molar-refractivity contribution in [3.05, 3.63) is 58.3 Å². The minimum Gasteiger partial charge on any atom is -0.383 e. The third-order valence-corrected chi connectivity index (χ3v) is 5.10. The molecule has 1 aromatic heterocycles. The van der Waals surface area contributed by atoms with Gasteiger partial charge in [0.2, 0.25) is 11.8 Å². The fourth-order valence-electron chi connectivity index (χ4n) is 2.62. The van der Waals surface area contributed by atoms with Crippen LogP contribution in [0.3, 0.4) is 0 Å². The topological polar surface area (TPSA) is 49.9 Å². The zero-order chi connectivity index (χ0) is 19.5. The van der Waals surface area contributed by atoms with Crippen molar-refractivity contribution >= 4 is 34.8 Å². The minimum atomic E-state index is -0.133. The van der Waals surface area contributed by atoms with Crippen molar-refractivity contribution in [1.29, 1.82) is 0 Å². The van der Waals surface area contributed by atoms with Crippen molar-refractivity contribution in [2.75, 3.05) is 32.7 Å². The van der Waals surface area contributed by atoms with Gasteiger partial charge in [-0.3, -0.25) is 9.59 Å². The molecule has 2 amide bonds. The van der Waals surface area contributed by atoms with Gasteiger partial charge in [0.15, 0.2) is 0 Å². The summed E-state index contributed by atoms with van der Waals surface area (Å²) in [5.74, 6) is 0.0110. The third kappa shape index (κ3) is 7.33. The molecule has 0 aliphatic rings. The van der Waals surface area contributed by atoms with Crippen molar-refractivity contribution < 1.29 is 14.3 Å². The van der Waals surface area contributed by atoms with Gasteiger partial charge in [-0.1, -0.05) is 36.4 Å². The number of methoxy groups -OCH3 is 1. The molecule has 0 bridgehead atoms. The fraction of sp³-hybridized carbons (Fsp3) is 0.400. The predicted octanol–water partition coefficient (Wildman–Crippen LogP) is 3.38. The van der Waals surface area contributed by atoms with Crippen LogP contribution in [-0.2, 0) is 27.4 Å². The number of halogens is 1. The van der Waals surface area contributed by atoms with E-state index in [2.05, 4.69) is 0 Å². The zero-order valence-electron chi connectivity index (χ0n) is 15.5. The number of ether oxygens (including phenoxy) is 1. The van der Waals surface area contributed by atoms with Gasteiger partial charge < -0.3 is 14.5 Å². The maximum absolute atomic E-state index is 13.0. The van der Waals surface area contributed by atoms with Crippen LogP contribution in [0.1, 0.15) is 16.9 Å². The molecule has 0 spiro atoms. The summed E-state index contributed by atoms with van der Waals surface area (Å²) >= 11 is 7.32. The third-order valence-electron chi connectivity index (χ3n) is 4.05. The lowest BCUT2D eigenvalue weighted by molar-refractivity contribution is -0.141. The molecule has 146 valence electrons. The first-order chi connectivity index (χ1) is 13.1. The quantitative estimate of drug-likeness (QED) is 0.535. The van der Waals surface area contributed by atoms with Crippen molar-refractivity contribution in [2.24, 2.45) is 0 Å². The van der Waals surface area contributed by atoms with Gasteiger partial charge in [-0.25, -0.2) is 0 Å². The molecule has 0 N–H and O–H groups in total. The molecule has 0 radical (unpaired) electrons. The predicted molar refractivity (Wildman–Crippen MR) is 109 cm³/mol. The largest absolute Gasteiger partial charge is 0.383 e. The second-order valence-corrected chi connectivity index (χ2v) is 7.47. The fourth-order valence-corrected chi connectivity index (χ4v) is 3.50. The van der Waals surface area contributed by atoms with E-state index in [4.69, 9.17) is 16.3 Å². The van der Waals surface area contributed by atoms with Crippen molar-refractivity contribution in [2.45, 2.75) is 19.5 Å². The highest BCUT2D eigenvalue weighted by molar-refractivity contribution is 7.09. The average molecular weight is 409 g/mol. The van der Waals surface area contributed by atoms with Gasteiger partial charge in [0.05, 0.1) is 19.7 Å². The van der Waals surface area contributed by atoms with Crippen molar-refractivity contribution in [1.82, 2.24) is 9.80 Å². The molecule has 5 nitrogen and oxygen atoms in total. The summed E-state index contributed by atoms with van der Waals surface area (Å²) in [6, 6.07) is 13.8. The van der Waals surface area contributed by atoms with Gasteiger partial charge >= 0.3 is 0 Å². The van der Waals surface area contributed by atoms with Crippen LogP contribution in [0, 0.1) is 0 Å². The van der Waals surface area contributed by atoms with Gasteiger partial charge in [0.1, 0.15) is 0 Å². The molecule has 7 heteroatoms. The summed E-state index contributed by atoms with van der Waals surface area (Å²) < 4.78 is 5.07. The molecule has 0 aliphatic carbocycles. The maximum Gasteiger partial charge on any atom is 0.242 e. The molecule has 2 aromatic rings. The molecular weight excluding hydrogens is 384 g/mol. The second-order valence-electron chi connectivity index (χ2n) is 6.06. The Bertz CT molecular complexity index is 695. The Morgan fingerprint density at radius 3 is 2.44 bits per heavy atom. The Morgan fingerprint density at radius 1 is 1.04 bits per heavy atom. The van der Waals surface area contributed by atoms with Gasteiger partial charge in [-0.2, -0.15) is 0 Å². The van der Waals surface area contributed by atoms with Crippen LogP contribution in [0.4, 0.5) is 0 Å². The lowest BCUT2D eigenvalue weighted by atomic mass is 10.2. The summed E-state index contributed by atoms with van der Waals surface area (Å²) in [6.07, 6.45) is 0.210. The SMILES string of the molecule is COCCN(CC(=O)N(Cc1ccccc1)Cc1cccs1)C(=O)CCCl. The van der Waals surface area contributed by atoms with E-state index in [1.807, 2.05) is 47.8 Å². The number of amides is 2. The number of carbonyl (C=O) groups excluding carboxylic acids is 2. The van der Waals surface area contributed by atoms with Crippen LogP contribution < -0.4 is 0 Å². The smallest absolute Gasteiger partial charge is 0.242 e. The van der Waals surface area contributed by atoms with E-state index < -0.39 is 0 Å². The number of thiophene rings is 1. The first-order valence-electron chi connectivity index (χ1n) is 8.80. The van der Waals surface area contributed by atoms with Crippen LogP contribution in [0.2, 0.25) is 0 Å². The van der Waals surface area contributed by atoms with Gasteiger partial charge in [0, 0.05) is 37.4 Å². The van der Waals surface area contributed by atoms with Crippen LogP contribution in [-0.4, -0.2) is 54.3 Å². The first kappa shape index (κ1) is 21.4. The molecule has 0 saturated carbocycles. The number of hydrogen-bond donors (Lipinski definition) is 0. The average Bonchev–Trinajstić information content (AvgIpc) is 3.18. The number of rotatable bonds is 11. The number of carbonyl (C=O) groups is 2. The van der Waals surface area contributed by atoms with E-state index in [9.17, 15) is 9.59 Å². The second kappa shape index (κ2) is 11.7. The molecule has 0 fully saturated rings. The number of nitrogens with zero attached hydrogens (tertiary/aromatic N) is 2. The van der Waals surface area contributed by atoms with Crippen molar-refractivity contribution in [3.63, 3.8) is 0 Å². The highest BCUT2D eigenvalue weighted by Crippen LogP contribution is 2.15. The molecule has 2 rings (SSSR count). The Balaban J connectivity index is 2.11. The van der Waals surface area contributed by atoms with Gasteiger partial charge in [-0.15, -0.1) is 22.9 Å². The van der Waals surface area contributed by atoms with Crippen LogP contribution >= 0.6 is 22.9 Å². The summed E-state index contributed by atoms with van der Waals surface area (Å²) in [5.41, 5.74) is 1.05. The zero-order valence-corrected chi connectivity index (χ0v) is 17.0. The van der Waals surface area contributed by atoms with E-state index >= 15 is 0 Å². The van der Waals surface area contributed by atoms with E-state index in [1.54, 1.807) is 23.3 Å². The summed E-state index contributed by atoms with van der Waals surface area (Å²) in [5, 5.41) is 2.00. The summed E-state index contributed by atoms with van der Waals surface area (Å²) in [7, 11) is 1.57. The normalized spacial score (nSPS) is 10.6. The van der Waals surface area contributed by atoms with Crippen LogP contribution in [0.5, 0.6) is 0 Å². The Hall–Kier alpha value is -1.89. The Labute approximate surface area is 169 Å². The van der Waals surface area contributed by atoms with Gasteiger partial charge in [0.25, 0.3) is 0 Å². The highest BCUT2D eigenvalue weighted by Gasteiger charge is 2.21. The lowest BCUT2D eigenvalue weighted by Crippen LogP contribution is -2.43.